The fourth-order valence-electron chi connectivity index (χ4n) is 1.85. The van der Waals surface area contributed by atoms with Gasteiger partial charge < -0.3 is 9.15 Å². The van der Waals surface area contributed by atoms with E-state index in [2.05, 4.69) is 0 Å². The van der Waals surface area contributed by atoms with Crippen LogP contribution in [0.25, 0.3) is 6.08 Å². The molecule has 0 aliphatic rings. The number of ether oxygens (including phenoxy) is 1. The van der Waals surface area contributed by atoms with E-state index in [1.807, 2.05) is 0 Å². The zero-order valence-electron chi connectivity index (χ0n) is 12.7. The lowest BCUT2D eigenvalue weighted by atomic mass is 10.1. The van der Waals surface area contributed by atoms with Gasteiger partial charge in [0, 0.05) is 19.1 Å². The summed E-state index contributed by atoms with van der Waals surface area (Å²) >= 11 is 0. The molecule has 0 unspecified atom stereocenters. The average molecular weight is 346 g/mol. The summed E-state index contributed by atoms with van der Waals surface area (Å²) in [6, 6.07) is 5.59. The van der Waals surface area contributed by atoms with Crippen molar-refractivity contribution in [1.29, 1.82) is 0 Å². The van der Waals surface area contributed by atoms with Crippen molar-refractivity contribution < 1.29 is 28.6 Å². The maximum absolute atomic E-state index is 12.3. The Morgan fingerprint density at radius 3 is 2.40 bits per heavy atom. The zero-order chi connectivity index (χ0) is 18.6. The highest BCUT2D eigenvalue weighted by Gasteiger charge is 2.18. The van der Waals surface area contributed by atoms with Crippen molar-refractivity contribution in [1.82, 2.24) is 0 Å². The fourth-order valence-corrected chi connectivity index (χ4v) is 1.85. The molecule has 2 aromatic rings. The standard InChI is InChI=1S/C15H10N2O8/c1-9(18)24-14-6-2-10(16(20)21)8-12(14)13(19)5-3-11-4-7-15(25-11)17(22)23/h2-8H,1H3/b5-3+. The Hall–Kier alpha value is -3.82. The van der Waals surface area contributed by atoms with Crippen LogP contribution in [0.4, 0.5) is 11.6 Å². The number of allylic oxidation sites excluding steroid dienone is 1. The lowest BCUT2D eigenvalue weighted by Gasteiger charge is -2.06. The van der Waals surface area contributed by atoms with Gasteiger partial charge in [0.15, 0.2) is 5.78 Å². The molecule has 1 heterocycles. The van der Waals surface area contributed by atoms with Crippen LogP contribution in [0, 0.1) is 20.2 Å². The van der Waals surface area contributed by atoms with E-state index >= 15 is 0 Å². The van der Waals surface area contributed by atoms with Crippen molar-refractivity contribution in [2.24, 2.45) is 0 Å². The van der Waals surface area contributed by atoms with Gasteiger partial charge in [-0.15, -0.1) is 0 Å². The highest BCUT2D eigenvalue weighted by atomic mass is 16.6. The first kappa shape index (κ1) is 17.5. The summed E-state index contributed by atoms with van der Waals surface area (Å²) in [6.07, 6.45) is 2.15. The molecule has 0 N–H and O–H groups in total. The maximum Gasteiger partial charge on any atom is 0.433 e. The summed E-state index contributed by atoms with van der Waals surface area (Å²) in [5.74, 6) is -2.01. The molecule has 2 rings (SSSR count). The molecule has 0 saturated carbocycles. The fraction of sp³-hybridized carbons (Fsp3) is 0.0667. The lowest BCUT2D eigenvalue weighted by Crippen LogP contribution is -2.07. The molecule has 0 spiro atoms. The van der Waals surface area contributed by atoms with Crippen LogP contribution in [-0.4, -0.2) is 21.6 Å². The molecule has 1 aromatic carbocycles. The van der Waals surface area contributed by atoms with E-state index in [0.29, 0.717) is 0 Å². The van der Waals surface area contributed by atoms with Crippen molar-refractivity contribution in [2.45, 2.75) is 6.92 Å². The van der Waals surface area contributed by atoms with Gasteiger partial charge in [-0.2, -0.15) is 0 Å². The van der Waals surface area contributed by atoms with Crippen molar-refractivity contribution >= 4 is 29.4 Å². The van der Waals surface area contributed by atoms with Gasteiger partial charge in [0.2, 0.25) is 0 Å². The predicted molar refractivity (Wildman–Crippen MR) is 83.1 cm³/mol. The molecule has 0 bridgehead atoms. The molecule has 0 amide bonds. The van der Waals surface area contributed by atoms with Gasteiger partial charge in [-0.1, -0.05) is 0 Å². The number of hydrogen-bond acceptors (Lipinski definition) is 8. The van der Waals surface area contributed by atoms with Crippen LogP contribution < -0.4 is 4.74 Å². The number of nitro benzene ring substituents is 1. The number of carbonyl (C=O) groups is 2. The molecule has 0 aliphatic carbocycles. The van der Waals surface area contributed by atoms with E-state index < -0.39 is 27.5 Å². The highest BCUT2D eigenvalue weighted by Crippen LogP contribution is 2.26. The molecule has 10 heteroatoms. The summed E-state index contributed by atoms with van der Waals surface area (Å²) in [5.41, 5.74) is -0.567. The first-order chi connectivity index (χ1) is 11.8. The molecule has 0 fully saturated rings. The summed E-state index contributed by atoms with van der Waals surface area (Å²) < 4.78 is 9.72. The molecule has 0 saturated heterocycles. The lowest BCUT2D eigenvalue weighted by molar-refractivity contribution is -0.402. The van der Waals surface area contributed by atoms with Gasteiger partial charge in [0.25, 0.3) is 5.69 Å². The van der Waals surface area contributed by atoms with Crippen LogP contribution in [0.1, 0.15) is 23.0 Å². The third-order valence-electron chi connectivity index (χ3n) is 2.88. The van der Waals surface area contributed by atoms with Gasteiger partial charge >= 0.3 is 11.9 Å². The van der Waals surface area contributed by atoms with Crippen molar-refractivity contribution in [3.05, 3.63) is 68.0 Å². The molecule has 25 heavy (non-hydrogen) atoms. The summed E-state index contributed by atoms with van der Waals surface area (Å²) in [4.78, 5) is 43.3. The van der Waals surface area contributed by atoms with Gasteiger partial charge in [-0.25, -0.2) is 0 Å². The number of carbonyl (C=O) groups excluding carboxylic acids is 2. The predicted octanol–water partition coefficient (Wildman–Crippen LogP) is 2.92. The van der Waals surface area contributed by atoms with Crippen LogP contribution in [-0.2, 0) is 4.79 Å². The molecule has 0 aliphatic heterocycles. The second-order valence-corrected chi connectivity index (χ2v) is 4.66. The number of hydrogen-bond donors (Lipinski definition) is 0. The molecular weight excluding hydrogens is 336 g/mol. The van der Waals surface area contributed by atoms with E-state index in [9.17, 15) is 29.8 Å². The summed E-state index contributed by atoms with van der Waals surface area (Å²) in [6.45, 7) is 1.12. The molecule has 128 valence electrons. The average Bonchev–Trinajstić information content (AvgIpc) is 3.01. The number of nitro groups is 2. The smallest absolute Gasteiger partial charge is 0.426 e. The third-order valence-corrected chi connectivity index (χ3v) is 2.88. The largest absolute Gasteiger partial charge is 0.433 e. The van der Waals surface area contributed by atoms with Crippen molar-refractivity contribution in [2.75, 3.05) is 0 Å². The Labute approximate surface area is 139 Å². The Balaban J connectivity index is 2.33. The van der Waals surface area contributed by atoms with Gasteiger partial charge in [0.05, 0.1) is 16.6 Å². The SMILES string of the molecule is CC(=O)Oc1ccc([N+](=O)[O-])cc1C(=O)/C=C/c1ccc([N+](=O)[O-])o1. The minimum absolute atomic E-state index is 0.0412. The number of ketones is 1. The van der Waals surface area contributed by atoms with Crippen LogP contribution >= 0.6 is 0 Å². The Kier molecular flexibility index (Phi) is 5.03. The third kappa shape index (κ3) is 4.34. The van der Waals surface area contributed by atoms with E-state index in [1.54, 1.807) is 0 Å². The minimum atomic E-state index is -0.738. The zero-order valence-corrected chi connectivity index (χ0v) is 12.7. The van der Waals surface area contributed by atoms with Crippen molar-refractivity contribution in [3.63, 3.8) is 0 Å². The van der Waals surface area contributed by atoms with Gasteiger partial charge in [-0.3, -0.25) is 29.8 Å². The molecule has 10 nitrogen and oxygen atoms in total. The van der Waals surface area contributed by atoms with Crippen molar-refractivity contribution in [3.8, 4) is 5.75 Å². The number of furan rings is 1. The number of esters is 1. The Bertz CT molecular complexity index is 897. The Morgan fingerprint density at radius 1 is 1.12 bits per heavy atom. The highest BCUT2D eigenvalue weighted by molar-refractivity contribution is 6.09. The molecular formula is C15H10N2O8. The first-order valence-electron chi connectivity index (χ1n) is 6.71. The van der Waals surface area contributed by atoms with Crippen LogP contribution in [0.5, 0.6) is 5.75 Å². The van der Waals surface area contributed by atoms with E-state index in [1.165, 1.54) is 6.07 Å². The second-order valence-electron chi connectivity index (χ2n) is 4.66. The normalized spacial score (nSPS) is 10.6. The summed E-state index contributed by atoms with van der Waals surface area (Å²) in [7, 11) is 0. The number of non-ortho nitro benzene ring substituents is 1. The number of rotatable bonds is 6. The van der Waals surface area contributed by atoms with Crippen LogP contribution in [0.3, 0.4) is 0 Å². The van der Waals surface area contributed by atoms with E-state index in [0.717, 1.165) is 43.3 Å². The number of nitrogens with zero attached hydrogens (tertiary/aromatic N) is 2. The molecule has 0 atom stereocenters. The van der Waals surface area contributed by atoms with E-state index in [4.69, 9.17) is 9.15 Å². The summed E-state index contributed by atoms with van der Waals surface area (Å²) in [5, 5.41) is 21.4. The quantitative estimate of drug-likeness (QED) is 0.194. The number of benzene rings is 1. The van der Waals surface area contributed by atoms with Crippen LogP contribution in [0.15, 0.2) is 40.8 Å². The maximum atomic E-state index is 12.3. The first-order valence-corrected chi connectivity index (χ1v) is 6.71. The molecule has 1 aromatic heterocycles. The van der Waals surface area contributed by atoms with Gasteiger partial charge in [0.1, 0.15) is 16.4 Å². The second kappa shape index (κ2) is 7.17. The molecule has 0 radical (unpaired) electrons. The van der Waals surface area contributed by atoms with Crippen LogP contribution in [0.2, 0.25) is 0 Å². The minimum Gasteiger partial charge on any atom is -0.426 e. The Morgan fingerprint density at radius 2 is 1.84 bits per heavy atom. The van der Waals surface area contributed by atoms with E-state index in [-0.39, 0.29) is 22.8 Å². The monoisotopic (exact) mass is 346 g/mol. The van der Waals surface area contributed by atoms with Gasteiger partial charge in [-0.05, 0) is 24.3 Å². The topological polar surface area (TPSA) is 143 Å².